The number of carbonyl (C=O) groups is 3. The van der Waals surface area contributed by atoms with Crippen LogP contribution >= 0.6 is 0 Å². The van der Waals surface area contributed by atoms with Crippen LogP contribution in [0.3, 0.4) is 0 Å². The minimum Gasteiger partial charge on any atom is -0.481 e. The first kappa shape index (κ1) is 20.2. The minimum absolute atomic E-state index is 0.00255. The molecule has 0 bridgehead atoms. The summed E-state index contributed by atoms with van der Waals surface area (Å²) in [4.78, 5) is 35.5. The lowest BCUT2D eigenvalue weighted by molar-refractivity contribution is -0.141. The summed E-state index contributed by atoms with van der Waals surface area (Å²) in [5, 5.41) is 14.5. The van der Waals surface area contributed by atoms with Gasteiger partial charge in [0.2, 0.25) is 5.91 Å². The topological polar surface area (TPSA) is 95.5 Å². The molecule has 27 heavy (non-hydrogen) atoms. The molecule has 0 saturated carbocycles. The van der Waals surface area contributed by atoms with Gasteiger partial charge in [-0.3, -0.25) is 14.4 Å². The third kappa shape index (κ3) is 6.26. The van der Waals surface area contributed by atoms with E-state index in [-0.39, 0.29) is 19.0 Å². The molecule has 2 aromatic carbocycles. The number of carboxylic acids is 1. The maximum absolute atomic E-state index is 12.1. The second-order valence-electron chi connectivity index (χ2n) is 6.51. The number of amides is 2. The lowest BCUT2D eigenvalue weighted by Crippen LogP contribution is -2.40. The van der Waals surface area contributed by atoms with Crippen LogP contribution in [0.1, 0.15) is 27.0 Å². The molecule has 2 amide bonds. The van der Waals surface area contributed by atoms with Gasteiger partial charge in [0.05, 0.1) is 12.5 Å². The van der Waals surface area contributed by atoms with Gasteiger partial charge in [0, 0.05) is 12.1 Å². The third-order valence-electron chi connectivity index (χ3n) is 4.40. The summed E-state index contributed by atoms with van der Waals surface area (Å²) in [6.07, 6.45) is 0.325. The highest BCUT2D eigenvalue weighted by Gasteiger charge is 2.19. The van der Waals surface area contributed by atoms with Crippen molar-refractivity contribution < 1.29 is 19.5 Å². The molecule has 3 N–H and O–H groups in total. The van der Waals surface area contributed by atoms with Gasteiger partial charge in [0.25, 0.3) is 5.91 Å². The number of nitrogens with one attached hydrogen (secondary N) is 2. The highest BCUT2D eigenvalue weighted by Crippen LogP contribution is 2.10. The van der Waals surface area contributed by atoms with Gasteiger partial charge in [-0.05, 0) is 49.1 Å². The van der Waals surface area contributed by atoms with E-state index in [1.54, 1.807) is 12.1 Å². The predicted molar refractivity (Wildman–Crippen MR) is 103 cm³/mol. The Bertz CT molecular complexity index is 818. The summed E-state index contributed by atoms with van der Waals surface area (Å²) in [7, 11) is 0. The number of rotatable bonds is 8. The van der Waals surface area contributed by atoms with Crippen LogP contribution in [0.5, 0.6) is 0 Å². The Kier molecular flexibility index (Phi) is 7.11. The van der Waals surface area contributed by atoms with E-state index in [9.17, 15) is 19.5 Å². The van der Waals surface area contributed by atoms with Crippen molar-refractivity contribution in [2.45, 2.75) is 20.3 Å². The monoisotopic (exact) mass is 368 g/mol. The first-order chi connectivity index (χ1) is 12.9. The molecule has 0 heterocycles. The molecule has 142 valence electrons. The molecule has 0 aliphatic carbocycles. The molecular formula is C21H24N2O4. The number of carboxylic acid groups (broad SMARTS) is 1. The van der Waals surface area contributed by atoms with Crippen LogP contribution in [-0.2, 0) is 16.0 Å². The van der Waals surface area contributed by atoms with E-state index in [0.29, 0.717) is 12.0 Å². The van der Waals surface area contributed by atoms with E-state index in [2.05, 4.69) is 10.6 Å². The smallest absolute Gasteiger partial charge is 0.308 e. The van der Waals surface area contributed by atoms with Gasteiger partial charge in [-0.15, -0.1) is 0 Å². The second-order valence-corrected chi connectivity index (χ2v) is 6.51. The van der Waals surface area contributed by atoms with Gasteiger partial charge < -0.3 is 15.7 Å². The first-order valence-electron chi connectivity index (χ1n) is 8.75. The molecule has 0 aliphatic rings. The Morgan fingerprint density at radius 1 is 0.963 bits per heavy atom. The fourth-order valence-electron chi connectivity index (χ4n) is 2.59. The Balaban J connectivity index is 1.82. The molecule has 0 saturated heterocycles. The SMILES string of the molecule is Cc1ccc(C(=O)NCC(=O)NCC(Cc2ccccc2)C(=O)O)cc1C. The van der Waals surface area contributed by atoms with Crippen molar-refractivity contribution in [3.8, 4) is 0 Å². The van der Waals surface area contributed by atoms with E-state index < -0.39 is 17.8 Å². The van der Waals surface area contributed by atoms with E-state index in [0.717, 1.165) is 16.7 Å². The summed E-state index contributed by atoms with van der Waals surface area (Å²) in [5.41, 5.74) is 3.46. The maximum atomic E-state index is 12.1. The van der Waals surface area contributed by atoms with Crippen molar-refractivity contribution in [3.05, 3.63) is 70.8 Å². The Morgan fingerprint density at radius 3 is 2.30 bits per heavy atom. The fourth-order valence-corrected chi connectivity index (χ4v) is 2.59. The van der Waals surface area contributed by atoms with Gasteiger partial charge in [0.1, 0.15) is 0 Å². The molecule has 0 aromatic heterocycles. The number of hydrogen-bond acceptors (Lipinski definition) is 3. The van der Waals surface area contributed by atoms with Gasteiger partial charge in [-0.2, -0.15) is 0 Å². The summed E-state index contributed by atoms with van der Waals surface area (Å²) in [6, 6.07) is 14.6. The summed E-state index contributed by atoms with van der Waals surface area (Å²) in [5.74, 6) is -2.47. The molecule has 2 aromatic rings. The zero-order valence-electron chi connectivity index (χ0n) is 15.5. The van der Waals surface area contributed by atoms with Crippen LogP contribution < -0.4 is 10.6 Å². The minimum atomic E-state index is -0.974. The molecule has 2 rings (SSSR count). The van der Waals surface area contributed by atoms with Gasteiger partial charge >= 0.3 is 5.97 Å². The molecule has 0 aliphatic heterocycles. The largest absolute Gasteiger partial charge is 0.481 e. The van der Waals surface area contributed by atoms with Gasteiger partial charge in [0.15, 0.2) is 0 Å². The molecule has 1 atom stereocenters. The number of aryl methyl sites for hydroxylation is 2. The molecule has 1 unspecified atom stereocenters. The van der Waals surface area contributed by atoms with Crippen molar-refractivity contribution in [3.63, 3.8) is 0 Å². The summed E-state index contributed by atoms with van der Waals surface area (Å²) >= 11 is 0. The fraction of sp³-hybridized carbons (Fsp3) is 0.286. The maximum Gasteiger partial charge on any atom is 0.308 e. The van der Waals surface area contributed by atoms with Crippen molar-refractivity contribution in [2.24, 2.45) is 5.92 Å². The Morgan fingerprint density at radius 2 is 1.67 bits per heavy atom. The van der Waals surface area contributed by atoms with Gasteiger partial charge in [-0.25, -0.2) is 0 Å². The summed E-state index contributed by atoms with van der Waals surface area (Å²) < 4.78 is 0. The molecular weight excluding hydrogens is 344 g/mol. The highest BCUT2D eigenvalue weighted by molar-refractivity contribution is 5.96. The second kappa shape index (κ2) is 9.52. The Hall–Kier alpha value is -3.15. The van der Waals surface area contributed by atoms with Crippen LogP contribution in [0.25, 0.3) is 0 Å². The molecule has 0 radical (unpaired) electrons. The van der Waals surface area contributed by atoms with Crippen LogP contribution in [0, 0.1) is 19.8 Å². The molecule has 6 nitrogen and oxygen atoms in total. The average molecular weight is 368 g/mol. The average Bonchev–Trinajstić information content (AvgIpc) is 2.65. The van der Waals surface area contributed by atoms with Crippen LogP contribution in [0.15, 0.2) is 48.5 Å². The molecule has 0 fully saturated rings. The summed E-state index contributed by atoms with van der Waals surface area (Å²) in [6.45, 7) is 3.67. The zero-order valence-corrected chi connectivity index (χ0v) is 15.5. The van der Waals surface area contributed by atoms with Gasteiger partial charge in [-0.1, -0.05) is 36.4 Å². The van der Waals surface area contributed by atoms with E-state index in [4.69, 9.17) is 0 Å². The van der Waals surface area contributed by atoms with Crippen molar-refractivity contribution in [1.82, 2.24) is 10.6 Å². The standard InChI is InChI=1S/C21H24N2O4/c1-14-8-9-17(10-15(14)2)20(25)23-13-19(24)22-12-18(21(26)27)11-16-6-4-3-5-7-16/h3-10,18H,11-13H2,1-2H3,(H,22,24)(H,23,25)(H,26,27). The van der Waals surface area contributed by atoms with Crippen LogP contribution in [0.2, 0.25) is 0 Å². The van der Waals surface area contributed by atoms with Crippen LogP contribution in [-0.4, -0.2) is 36.0 Å². The zero-order chi connectivity index (χ0) is 19.8. The van der Waals surface area contributed by atoms with E-state index >= 15 is 0 Å². The first-order valence-corrected chi connectivity index (χ1v) is 8.75. The van der Waals surface area contributed by atoms with Crippen LogP contribution in [0.4, 0.5) is 0 Å². The van der Waals surface area contributed by atoms with Crippen molar-refractivity contribution in [1.29, 1.82) is 0 Å². The third-order valence-corrected chi connectivity index (χ3v) is 4.40. The van der Waals surface area contributed by atoms with Crippen molar-refractivity contribution >= 4 is 17.8 Å². The number of hydrogen-bond donors (Lipinski definition) is 3. The lowest BCUT2D eigenvalue weighted by atomic mass is 9.99. The molecule has 6 heteroatoms. The highest BCUT2D eigenvalue weighted by atomic mass is 16.4. The quantitative estimate of drug-likeness (QED) is 0.665. The molecule has 0 spiro atoms. The number of carbonyl (C=O) groups excluding carboxylic acids is 2. The Labute approximate surface area is 158 Å². The lowest BCUT2D eigenvalue weighted by Gasteiger charge is -2.14. The van der Waals surface area contributed by atoms with E-state index in [1.807, 2.05) is 50.2 Å². The number of aliphatic carboxylic acids is 1. The normalized spacial score (nSPS) is 11.5. The van der Waals surface area contributed by atoms with Crippen molar-refractivity contribution in [2.75, 3.05) is 13.1 Å². The van der Waals surface area contributed by atoms with E-state index in [1.165, 1.54) is 0 Å². The number of benzene rings is 2. The predicted octanol–water partition coefficient (Wildman–Crippen LogP) is 2.09.